The number of anilines is 2. The molecular formula is C21H21N5O2. The number of carbonyl (C=O) groups excluding carboxylic acids is 1. The molecule has 7 heteroatoms. The van der Waals surface area contributed by atoms with Crippen molar-refractivity contribution in [2.45, 2.75) is 33.2 Å². The Morgan fingerprint density at radius 2 is 1.79 bits per heavy atom. The third-order valence-electron chi connectivity index (χ3n) is 4.44. The van der Waals surface area contributed by atoms with E-state index in [9.17, 15) is 4.79 Å². The van der Waals surface area contributed by atoms with Crippen LogP contribution in [0, 0.1) is 13.8 Å². The number of hydrazone groups is 1. The molecule has 0 unspecified atom stereocenters. The zero-order valence-electron chi connectivity index (χ0n) is 15.8. The van der Waals surface area contributed by atoms with Crippen molar-refractivity contribution in [3.8, 4) is 0 Å². The molecule has 0 atom stereocenters. The van der Waals surface area contributed by atoms with Gasteiger partial charge in [0.2, 0.25) is 11.8 Å². The van der Waals surface area contributed by atoms with Gasteiger partial charge in [-0.2, -0.15) is 5.10 Å². The summed E-state index contributed by atoms with van der Waals surface area (Å²) in [5.41, 5.74) is 5.15. The number of amides is 1. The van der Waals surface area contributed by atoms with E-state index in [1.807, 2.05) is 30.3 Å². The molecule has 1 N–H and O–H groups in total. The predicted octanol–water partition coefficient (Wildman–Crippen LogP) is 3.96. The predicted molar refractivity (Wildman–Crippen MR) is 106 cm³/mol. The fourth-order valence-electron chi connectivity index (χ4n) is 3.21. The highest BCUT2D eigenvalue weighted by molar-refractivity contribution is 6.04. The van der Waals surface area contributed by atoms with Crippen LogP contribution in [0.5, 0.6) is 0 Å². The maximum absolute atomic E-state index is 12.3. The minimum absolute atomic E-state index is 0.0520. The maximum atomic E-state index is 12.3. The van der Waals surface area contributed by atoms with Gasteiger partial charge < -0.3 is 9.73 Å². The number of aromatic nitrogens is 2. The Balaban J connectivity index is 1.51. The van der Waals surface area contributed by atoms with Crippen molar-refractivity contribution < 1.29 is 9.21 Å². The molecule has 0 spiro atoms. The van der Waals surface area contributed by atoms with Gasteiger partial charge in [-0.3, -0.25) is 4.79 Å². The Labute approximate surface area is 163 Å². The fourth-order valence-corrected chi connectivity index (χ4v) is 3.21. The lowest BCUT2D eigenvalue weighted by Gasteiger charge is -2.22. The summed E-state index contributed by atoms with van der Waals surface area (Å²) >= 11 is 0. The molecule has 1 aliphatic rings. The number of nitrogens with zero attached hydrogens (tertiary/aromatic N) is 4. The summed E-state index contributed by atoms with van der Waals surface area (Å²) in [5.74, 6) is 0.279. The van der Waals surface area contributed by atoms with Crippen LogP contribution in [0.25, 0.3) is 0 Å². The lowest BCUT2D eigenvalue weighted by Crippen LogP contribution is -2.31. The second-order valence-electron chi connectivity index (χ2n) is 6.87. The molecule has 28 heavy (non-hydrogen) atoms. The highest BCUT2D eigenvalue weighted by atomic mass is 16.4. The van der Waals surface area contributed by atoms with Crippen LogP contribution in [0.3, 0.4) is 0 Å². The van der Waals surface area contributed by atoms with Crippen molar-refractivity contribution in [3.05, 3.63) is 71.1 Å². The van der Waals surface area contributed by atoms with Gasteiger partial charge in [-0.25, -0.2) is 5.01 Å². The molecule has 0 fully saturated rings. The van der Waals surface area contributed by atoms with E-state index in [0.717, 1.165) is 17.0 Å². The number of hydrogen-bond acceptors (Lipinski definition) is 6. The van der Waals surface area contributed by atoms with Crippen LogP contribution in [0.15, 0.2) is 58.0 Å². The van der Waals surface area contributed by atoms with Crippen LogP contribution >= 0.6 is 0 Å². The standard InChI is InChI=1S/C21H21N5O2/c1-14-10-15(2)12-16(11-14)18-8-9-20(27)26(25-18)13-19-23-24-21(28-19)22-17-6-4-3-5-7-17/h3-7,10-12H,8-9,13H2,1-2H3,(H,22,24). The van der Waals surface area contributed by atoms with E-state index in [4.69, 9.17) is 4.42 Å². The van der Waals surface area contributed by atoms with E-state index in [2.05, 4.69) is 52.7 Å². The van der Waals surface area contributed by atoms with Gasteiger partial charge in [0.05, 0.1) is 5.71 Å². The summed E-state index contributed by atoms with van der Waals surface area (Å²) < 4.78 is 5.62. The van der Waals surface area contributed by atoms with Crippen LogP contribution in [0.4, 0.5) is 11.7 Å². The maximum Gasteiger partial charge on any atom is 0.320 e. The summed E-state index contributed by atoms with van der Waals surface area (Å²) in [6.07, 6.45) is 1.04. The van der Waals surface area contributed by atoms with Crippen molar-refractivity contribution in [1.82, 2.24) is 15.2 Å². The first-order valence-electron chi connectivity index (χ1n) is 9.18. The van der Waals surface area contributed by atoms with Gasteiger partial charge in [0.15, 0.2) is 0 Å². The molecule has 0 radical (unpaired) electrons. The molecule has 1 amide bonds. The second-order valence-corrected chi connectivity index (χ2v) is 6.87. The summed E-state index contributed by atoms with van der Waals surface area (Å²) in [5, 5.41) is 17.0. The number of para-hydroxylation sites is 1. The average Bonchev–Trinajstić information content (AvgIpc) is 3.10. The highest BCUT2D eigenvalue weighted by Crippen LogP contribution is 2.20. The van der Waals surface area contributed by atoms with Gasteiger partial charge in [-0.15, -0.1) is 5.10 Å². The molecule has 4 rings (SSSR count). The number of carbonyl (C=O) groups is 1. The number of nitrogens with one attached hydrogen (secondary N) is 1. The Bertz CT molecular complexity index is 1010. The van der Waals surface area contributed by atoms with E-state index in [1.165, 1.54) is 16.1 Å². The first kappa shape index (κ1) is 17.9. The Morgan fingerprint density at radius 1 is 1.04 bits per heavy atom. The number of benzene rings is 2. The van der Waals surface area contributed by atoms with Gasteiger partial charge in [0, 0.05) is 18.5 Å². The first-order chi connectivity index (χ1) is 13.6. The molecular weight excluding hydrogens is 354 g/mol. The van der Waals surface area contributed by atoms with Crippen molar-refractivity contribution in [2.24, 2.45) is 5.10 Å². The molecule has 0 saturated carbocycles. The van der Waals surface area contributed by atoms with Crippen LogP contribution < -0.4 is 5.32 Å². The van der Waals surface area contributed by atoms with Gasteiger partial charge in [0.25, 0.3) is 0 Å². The SMILES string of the molecule is Cc1cc(C)cc(C2=NN(Cc3nnc(Nc4ccccc4)o3)C(=O)CC2)c1. The van der Waals surface area contributed by atoms with E-state index in [1.54, 1.807) is 0 Å². The van der Waals surface area contributed by atoms with E-state index in [-0.39, 0.29) is 18.5 Å². The lowest BCUT2D eigenvalue weighted by atomic mass is 10.00. The van der Waals surface area contributed by atoms with Crippen LogP contribution in [0.1, 0.15) is 35.4 Å². The number of rotatable bonds is 5. The van der Waals surface area contributed by atoms with Gasteiger partial charge in [-0.05, 0) is 31.5 Å². The van der Waals surface area contributed by atoms with Crippen molar-refractivity contribution in [3.63, 3.8) is 0 Å². The Hall–Kier alpha value is -3.48. The van der Waals surface area contributed by atoms with Gasteiger partial charge in [0.1, 0.15) is 6.54 Å². The Morgan fingerprint density at radius 3 is 2.54 bits per heavy atom. The highest BCUT2D eigenvalue weighted by Gasteiger charge is 2.23. The topological polar surface area (TPSA) is 83.6 Å². The fraction of sp³-hybridized carbons (Fsp3) is 0.238. The lowest BCUT2D eigenvalue weighted by molar-refractivity contribution is -0.132. The quantitative estimate of drug-likeness (QED) is 0.730. The molecule has 3 aromatic rings. The molecule has 2 heterocycles. The van der Waals surface area contributed by atoms with Crippen molar-refractivity contribution >= 4 is 23.3 Å². The summed E-state index contributed by atoms with van der Waals surface area (Å²) in [7, 11) is 0. The summed E-state index contributed by atoms with van der Waals surface area (Å²) in [4.78, 5) is 12.3. The van der Waals surface area contributed by atoms with E-state index >= 15 is 0 Å². The van der Waals surface area contributed by atoms with Crippen LogP contribution in [-0.4, -0.2) is 26.8 Å². The van der Waals surface area contributed by atoms with Crippen LogP contribution in [0.2, 0.25) is 0 Å². The number of aryl methyl sites for hydroxylation is 2. The monoisotopic (exact) mass is 375 g/mol. The molecule has 2 aromatic carbocycles. The minimum Gasteiger partial charge on any atom is -0.406 e. The van der Waals surface area contributed by atoms with Crippen molar-refractivity contribution in [2.75, 3.05) is 5.32 Å². The van der Waals surface area contributed by atoms with E-state index in [0.29, 0.717) is 18.7 Å². The minimum atomic E-state index is -0.0520. The zero-order valence-corrected chi connectivity index (χ0v) is 15.8. The Kier molecular flexibility index (Phi) is 4.89. The molecule has 0 bridgehead atoms. The molecule has 0 saturated heterocycles. The molecule has 0 aliphatic carbocycles. The van der Waals surface area contributed by atoms with Gasteiger partial charge in [-0.1, -0.05) is 52.6 Å². The normalized spacial score (nSPS) is 14.1. The van der Waals surface area contributed by atoms with E-state index < -0.39 is 0 Å². The van der Waals surface area contributed by atoms with Crippen molar-refractivity contribution in [1.29, 1.82) is 0 Å². The molecule has 1 aliphatic heterocycles. The molecule has 142 valence electrons. The third kappa shape index (κ3) is 4.09. The molecule has 1 aromatic heterocycles. The second kappa shape index (κ2) is 7.64. The summed E-state index contributed by atoms with van der Waals surface area (Å²) in [6, 6.07) is 16.1. The third-order valence-corrected chi connectivity index (χ3v) is 4.44. The number of hydrogen-bond donors (Lipinski definition) is 1. The largest absolute Gasteiger partial charge is 0.406 e. The molecule has 7 nitrogen and oxygen atoms in total. The zero-order chi connectivity index (χ0) is 19.5. The first-order valence-corrected chi connectivity index (χ1v) is 9.18. The average molecular weight is 375 g/mol. The summed E-state index contributed by atoms with van der Waals surface area (Å²) in [6.45, 7) is 4.27. The van der Waals surface area contributed by atoms with Gasteiger partial charge >= 0.3 is 6.01 Å². The van der Waals surface area contributed by atoms with Crippen LogP contribution in [-0.2, 0) is 11.3 Å². The smallest absolute Gasteiger partial charge is 0.320 e.